The fourth-order valence-corrected chi connectivity index (χ4v) is 8.08. The first-order valence-electron chi connectivity index (χ1n) is 18.8. The van der Waals surface area contributed by atoms with Crippen LogP contribution in [0.5, 0.6) is 5.75 Å². The first kappa shape index (κ1) is 42.0. The zero-order chi connectivity index (χ0) is 42.1. The minimum Gasteiger partial charge on any atom is -0.496 e. The number of aromatic nitrogens is 3. The number of rotatable bonds is 17. The first-order chi connectivity index (χ1) is 28.3. The normalized spacial score (nSPS) is 15.8. The lowest BCUT2D eigenvalue weighted by Crippen LogP contribution is -2.54. The van der Waals surface area contributed by atoms with E-state index in [0.29, 0.717) is 41.8 Å². The number of imide groups is 2. The molecule has 19 heteroatoms. The Bertz CT molecular complexity index is 2440. The zero-order valence-electron chi connectivity index (χ0n) is 32.3. The average molecular weight is 828 g/mol. The number of piperidine rings is 1. The van der Waals surface area contributed by atoms with Gasteiger partial charge in [0.15, 0.2) is 5.82 Å². The minimum atomic E-state index is -2.91. The van der Waals surface area contributed by atoms with Gasteiger partial charge in [0.05, 0.1) is 39.3 Å². The molecule has 6 rings (SSSR count). The number of hydrogen-bond acceptors (Lipinski definition) is 13. The molecule has 0 spiro atoms. The van der Waals surface area contributed by atoms with Crippen molar-refractivity contribution < 1.29 is 42.1 Å². The number of hydrogen-bond donors (Lipinski definition) is 4. The number of ether oxygens (including phenoxy) is 1. The van der Waals surface area contributed by atoms with Crippen LogP contribution in [0.25, 0.3) is 11.4 Å². The summed E-state index contributed by atoms with van der Waals surface area (Å²) in [6, 6.07) is 14.8. The van der Waals surface area contributed by atoms with Crippen LogP contribution in [-0.2, 0) is 34.7 Å². The maximum atomic E-state index is 13.7. The van der Waals surface area contributed by atoms with E-state index in [0.717, 1.165) is 4.90 Å². The molecule has 2 aliphatic heterocycles. The Morgan fingerprint density at radius 3 is 2.56 bits per heavy atom. The SMILES string of the molecule is COc1cc(F)ccc1-c1ncnc(Nc2cccc(CS(C)(=O)=NC(=O)CCCCCC(=O)NCCNc3cccc4c3C(=O)N(C3CCC(=O)NC3=O)C4=O)c2)n1. The van der Waals surface area contributed by atoms with Crippen LogP contribution in [0.1, 0.15) is 71.2 Å². The summed E-state index contributed by atoms with van der Waals surface area (Å²) in [7, 11) is -1.49. The predicted octanol–water partition coefficient (Wildman–Crippen LogP) is 4.13. The molecule has 308 valence electrons. The summed E-state index contributed by atoms with van der Waals surface area (Å²) in [6.45, 7) is 0.484. The molecule has 3 aromatic carbocycles. The van der Waals surface area contributed by atoms with Gasteiger partial charge in [0.2, 0.25) is 23.7 Å². The van der Waals surface area contributed by atoms with Crippen molar-refractivity contribution in [2.24, 2.45) is 4.36 Å². The number of benzene rings is 3. The monoisotopic (exact) mass is 827 g/mol. The predicted molar refractivity (Wildman–Crippen MR) is 214 cm³/mol. The Balaban J connectivity index is 0.903. The van der Waals surface area contributed by atoms with Crippen LogP contribution in [0.3, 0.4) is 0 Å². The van der Waals surface area contributed by atoms with Gasteiger partial charge in [0.1, 0.15) is 23.9 Å². The standard InChI is InChI=1S/C40H42FN9O8S/c1-58-31-21-25(41)14-15-27(31)36-44-23-45-40(48-36)46-26-9-6-8-24(20-26)22-59(2,57)49-34(53)13-5-3-4-12-32(51)43-19-18-42-29-11-7-10-28-35(29)39(56)50(38(28)55)30-16-17-33(52)47-37(30)54/h6-11,14-15,20-21,23,30,42H,3-5,12-13,16-19,22H2,1-2H3,(H,43,51)(H,47,52,54)(H,44,45,46,48). The van der Waals surface area contributed by atoms with Crippen LogP contribution in [-0.4, -0.2) is 92.0 Å². The lowest BCUT2D eigenvalue weighted by atomic mass is 10.0. The van der Waals surface area contributed by atoms with E-state index >= 15 is 0 Å². The summed E-state index contributed by atoms with van der Waals surface area (Å²) in [6.07, 6.45) is 4.69. The third-order valence-corrected chi connectivity index (χ3v) is 10.9. The first-order valence-corrected chi connectivity index (χ1v) is 20.9. The minimum absolute atomic E-state index is 0.0225. The number of amides is 6. The number of carbonyl (C=O) groups excluding carboxylic acids is 6. The summed E-state index contributed by atoms with van der Waals surface area (Å²) in [5.74, 6) is -2.73. The third-order valence-electron chi connectivity index (χ3n) is 9.41. The third kappa shape index (κ3) is 10.7. The van der Waals surface area contributed by atoms with Gasteiger partial charge in [0.25, 0.3) is 17.7 Å². The Hall–Kier alpha value is -6.63. The molecule has 1 fully saturated rings. The zero-order valence-corrected chi connectivity index (χ0v) is 33.1. The largest absolute Gasteiger partial charge is 0.496 e. The van der Waals surface area contributed by atoms with Crippen LogP contribution in [0.15, 0.2) is 71.4 Å². The molecule has 4 N–H and O–H groups in total. The van der Waals surface area contributed by atoms with Gasteiger partial charge in [-0.05, 0) is 61.2 Å². The van der Waals surface area contributed by atoms with E-state index in [-0.39, 0.29) is 79.1 Å². The fraction of sp³-hybridized carbons (Fsp3) is 0.325. The summed E-state index contributed by atoms with van der Waals surface area (Å²) in [4.78, 5) is 88.9. The van der Waals surface area contributed by atoms with Crippen molar-refractivity contribution >= 4 is 62.5 Å². The molecule has 4 aromatic rings. The van der Waals surface area contributed by atoms with Gasteiger partial charge in [-0.2, -0.15) is 9.35 Å². The van der Waals surface area contributed by atoms with Crippen molar-refractivity contribution in [2.75, 3.05) is 37.1 Å². The quantitative estimate of drug-likeness (QED) is 0.0868. The number of nitrogens with zero attached hydrogens (tertiary/aromatic N) is 5. The van der Waals surface area contributed by atoms with E-state index in [9.17, 15) is 37.4 Å². The number of fused-ring (bicyclic) bond motifs is 1. The molecule has 59 heavy (non-hydrogen) atoms. The Labute approximate surface area is 339 Å². The van der Waals surface area contributed by atoms with Gasteiger partial charge in [0, 0.05) is 56.0 Å². The van der Waals surface area contributed by atoms with Crippen molar-refractivity contribution in [1.82, 2.24) is 30.5 Å². The second kappa shape index (κ2) is 18.8. The molecule has 3 heterocycles. The Morgan fingerprint density at radius 2 is 1.76 bits per heavy atom. The van der Waals surface area contributed by atoms with E-state index in [1.165, 1.54) is 44.0 Å². The molecule has 17 nitrogen and oxygen atoms in total. The van der Waals surface area contributed by atoms with Gasteiger partial charge in [-0.3, -0.25) is 39.0 Å². The lowest BCUT2D eigenvalue weighted by molar-refractivity contribution is -0.136. The molecule has 6 amide bonds. The molecule has 0 aliphatic carbocycles. The van der Waals surface area contributed by atoms with E-state index in [2.05, 4.69) is 40.6 Å². The molecule has 1 saturated heterocycles. The molecular formula is C40H42FN9O8S. The van der Waals surface area contributed by atoms with Gasteiger partial charge >= 0.3 is 0 Å². The van der Waals surface area contributed by atoms with Crippen molar-refractivity contribution in [2.45, 2.75) is 56.7 Å². The van der Waals surface area contributed by atoms with E-state index in [1.807, 2.05) is 0 Å². The summed E-state index contributed by atoms with van der Waals surface area (Å²) in [5.41, 5.74) is 2.42. The van der Waals surface area contributed by atoms with Gasteiger partial charge in [-0.25, -0.2) is 18.6 Å². The van der Waals surface area contributed by atoms with Crippen LogP contribution >= 0.6 is 0 Å². The number of methoxy groups -OCH3 is 1. The smallest absolute Gasteiger partial charge is 0.264 e. The van der Waals surface area contributed by atoms with Crippen LogP contribution in [0, 0.1) is 5.82 Å². The second-order valence-electron chi connectivity index (χ2n) is 13.9. The van der Waals surface area contributed by atoms with Crippen LogP contribution in [0.4, 0.5) is 21.7 Å². The highest BCUT2D eigenvalue weighted by Crippen LogP contribution is 2.32. The molecule has 0 radical (unpaired) electrons. The molecule has 1 aromatic heterocycles. The summed E-state index contributed by atoms with van der Waals surface area (Å²) >= 11 is 0. The van der Waals surface area contributed by atoms with Crippen molar-refractivity contribution in [1.29, 1.82) is 0 Å². The van der Waals surface area contributed by atoms with Gasteiger partial charge < -0.3 is 20.7 Å². The fourth-order valence-electron chi connectivity index (χ4n) is 6.69. The van der Waals surface area contributed by atoms with Gasteiger partial charge in [-0.15, -0.1) is 0 Å². The molecule has 2 atom stereocenters. The average Bonchev–Trinajstić information content (AvgIpc) is 3.45. The summed E-state index contributed by atoms with van der Waals surface area (Å²) < 4.78 is 36.2. The van der Waals surface area contributed by atoms with Crippen molar-refractivity contribution in [3.8, 4) is 17.1 Å². The number of carbonyl (C=O) groups is 6. The molecule has 0 bridgehead atoms. The number of anilines is 3. The Morgan fingerprint density at radius 1 is 0.966 bits per heavy atom. The number of halogens is 1. The maximum Gasteiger partial charge on any atom is 0.264 e. The second-order valence-corrected chi connectivity index (χ2v) is 16.3. The lowest BCUT2D eigenvalue weighted by Gasteiger charge is -2.27. The topological polar surface area (TPSA) is 231 Å². The van der Waals surface area contributed by atoms with E-state index in [4.69, 9.17) is 4.74 Å². The molecule has 2 aliphatic rings. The van der Waals surface area contributed by atoms with Crippen molar-refractivity contribution in [3.63, 3.8) is 0 Å². The molecular weight excluding hydrogens is 786 g/mol. The van der Waals surface area contributed by atoms with Crippen LogP contribution in [0.2, 0.25) is 0 Å². The van der Waals surface area contributed by atoms with E-state index < -0.39 is 51.1 Å². The highest BCUT2D eigenvalue weighted by atomic mass is 32.2. The molecule has 2 unspecified atom stereocenters. The van der Waals surface area contributed by atoms with Crippen LogP contribution < -0.4 is 26.0 Å². The highest BCUT2D eigenvalue weighted by molar-refractivity contribution is 7.92. The van der Waals surface area contributed by atoms with E-state index in [1.54, 1.807) is 36.4 Å². The van der Waals surface area contributed by atoms with Crippen molar-refractivity contribution in [3.05, 3.63) is 89.5 Å². The number of unbranched alkanes of at least 4 members (excludes halogenated alkanes) is 2. The summed E-state index contributed by atoms with van der Waals surface area (Å²) in [5, 5.41) is 11.1. The molecule has 0 saturated carbocycles. The van der Waals surface area contributed by atoms with Gasteiger partial charge in [-0.1, -0.05) is 24.6 Å². The Kier molecular flexibility index (Phi) is 13.3. The highest BCUT2D eigenvalue weighted by Gasteiger charge is 2.45. The number of nitrogens with one attached hydrogen (secondary N) is 4. The maximum absolute atomic E-state index is 13.7.